The molecule has 4 nitrogen and oxygen atoms in total. The summed E-state index contributed by atoms with van der Waals surface area (Å²) >= 11 is 0. The van der Waals surface area contributed by atoms with Gasteiger partial charge in [-0.3, -0.25) is 0 Å². The van der Waals surface area contributed by atoms with E-state index >= 15 is 0 Å². The lowest BCUT2D eigenvalue weighted by Gasteiger charge is -2.08. The van der Waals surface area contributed by atoms with E-state index in [2.05, 4.69) is 39.6 Å². The second kappa shape index (κ2) is 6.08. The van der Waals surface area contributed by atoms with Crippen LogP contribution in [0.1, 0.15) is 5.56 Å². The molecule has 0 saturated heterocycles. The van der Waals surface area contributed by atoms with Crippen molar-refractivity contribution in [1.82, 2.24) is 15.2 Å². The lowest BCUT2D eigenvalue weighted by molar-refractivity contribution is 1.03. The van der Waals surface area contributed by atoms with Gasteiger partial charge >= 0.3 is 0 Å². The highest BCUT2D eigenvalue weighted by atomic mass is 15.1. The molecule has 1 N–H and O–H groups in total. The van der Waals surface area contributed by atoms with Gasteiger partial charge in [0.1, 0.15) is 5.52 Å². The Balaban J connectivity index is 1.71. The Bertz CT molecular complexity index is 997. The molecule has 0 amide bonds. The van der Waals surface area contributed by atoms with E-state index < -0.39 is 0 Å². The lowest BCUT2D eigenvalue weighted by atomic mass is 10.2. The van der Waals surface area contributed by atoms with Crippen molar-refractivity contribution in [3.63, 3.8) is 0 Å². The molecule has 0 aliphatic rings. The second-order valence-electron chi connectivity index (χ2n) is 5.70. The van der Waals surface area contributed by atoms with Crippen LogP contribution in [0.3, 0.4) is 0 Å². The quantitative estimate of drug-likeness (QED) is 0.593. The Hall–Kier alpha value is -3.27. The van der Waals surface area contributed by atoms with Gasteiger partial charge < -0.3 is 5.32 Å². The summed E-state index contributed by atoms with van der Waals surface area (Å²) < 4.78 is 0. The average Bonchev–Trinajstić information content (AvgIpc) is 2.62. The summed E-state index contributed by atoms with van der Waals surface area (Å²) in [6.07, 6.45) is 0. The Labute approximate surface area is 140 Å². The standard InChI is InChI=1S/C20H16N4/c1-14-6-5-9-16(12-14)21-17-10-11-18-19(13-17)22-20(24-23-18)15-7-3-2-4-8-15/h2-13,21H,1H3. The van der Waals surface area contributed by atoms with Gasteiger partial charge in [0.2, 0.25) is 0 Å². The molecule has 0 fully saturated rings. The summed E-state index contributed by atoms with van der Waals surface area (Å²) in [6, 6.07) is 24.1. The van der Waals surface area contributed by atoms with E-state index in [9.17, 15) is 0 Å². The summed E-state index contributed by atoms with van der Waals surface area (Å²) in [4.78, 5) is 4.65. The molecule has 0 saturated carbocycles. The van der Waals surface area contributed by atoms with E-state index in [1.165, 1.54) is 5.56 Å². The molecule has 3 aromatic carbocycles. The topological polar surface area (TPSA) is 50.7 Å². The molecule has 1 aromatic heterocycles. The van der Waals surface area contributed by atoms with Gasteiger partial charge in [0.25, 0.3) is 0 Å². The summed E-state index contributed by atoms with van der Waals surface area (Å²) in [6.45, 7) is 2.08. The first-order valence-electron chi connectivity index (χ1n) is 7.81. The molecular formula is C20H16N4. The van der Waals surface area contributed by atoms with E-state index in [4.69, 9.17) is 0 Å². The Kier molecular flexibility index (Phi) is 3.63. The third kappa shape index (κ3) is 2.94. The highest BCUT2D eigenvalue weighted by molar-refractivity contribution is 5.81. The summed E-state index contributed by atoms with van der Waals surface area (Å²) in [5.74, 6) is 0.635. The van der Waals surface area contributed by atoms with Crippen LogP contribution >= 0.6 is 0 Å². The molecule has 0 radical (unpaired) electrons. The maximum atomic E-state index is 4.65. The molecule has 4 heteroatoms. The van der Waals surface area contributed by atoms with Gasteiger partial charge in [-0.2, -0.15) is 0 Å². The fourth-order valence-electron chi connectivity index (χ4n) is 2.61. The first-order chi connectivity index (χ1) is 11.8. The van der Waals surface area contributed by atoms with Gasteiger partial charge in [0.05, 0.1) is 5.52 Å². The highest BCUT2D eigenvalue weighted by Gasteiger charge is 2.05. The third-order valence-corrected chi connectivity index (χ3v) is 3.79. The second-order valence-corrected chi connectivity index (χ2v) is 5.70. The molecule has 1 heterocycles. The molecule has 0 unspecified atom stereocenters. The molecule has 0 atom stereocenters. The van der Waals surface area contributed by atoms with E-state index in [-0.39, 0.29) is 0 Å². The Morgan fingerprint density at radius 1 is 0.708 bits per heavy atom. The van der Waals surface area contributed by atoms with Crippen molar-refractivity contribution in [3.05, 3.63) is 78.4 Å². The fraction of sp³-hybridized carbons (Fsp3) is 0.0500. The third-order valence-electron chi connectivity index (χ3n) is 3.79. The largest absolute Gasteiger partial charge is 0.355 e. The number of anilines is 2. The zero-order chi connectivity index (χ0) is 16.4. The van der Waals surface area contributed by atoms with Crippen LogP contribution in [0.2, 0.25) is 0 Å². The van der Waals surface area contributed by atoms with Crippen molar-refractivity contribution in [1.29, 1.82) is 0 Å². The minimum Gasteiger partial charge on any atom is -0.355 e. The molecule has 116 valence electrons. The van der Waals surface area contributed by atoms with Crippen LogP contribution in [0.5, 0.6) is 0 Å². The number of hydrogen-bond donors (Lipinski definition) is 1. The number of fused-ring (bicyclic) bond motifs is 1. The molecule has 0 bridgehead atoms. The maximum Gasteiger partial charge on any atom is 0.182 e. The lowest BCUT2D eigenvalue weighted by Crippen LogP contribution is -1.96. The van der Waals surface area contributed by atoms with Crippen molar-refractivity contribution in [2.24, 2.45) is 0 Å². The van der Waals surface area contributed by atoms with Crippen LogP contribution in [0, 0.1) is 6.92 Å². The predicted octanol–water partition coefficient (Wildman–Crippen LogP) is 4.74. The number of benzene rings is 3. The van der Waals surface area contributed by atoms with E-state index in [1.54, 1.807) is 0 Å². The van der Waals surface area contributed by atoms with E-state index in [0.717, 1.165) is 28.0 Å². The number of aryl methyl sites for hydroxylation is 1. The van der Waals surface area contributed by atoms with Gasteiger partial charge in [-0.1, -0.05) is 42.5 Å². The number of aromatic nitrogens is 3. The maximum absolute atomic E-state index is 4.65. The zero-order valence-electron chi connectivity index (χ0n) is 13.3. The van der Waals surface area contributed by atoms with Gasteiger partial charge in [0, 0.05) is 16.9 Å². The van der Waals surface area contributed by atoms with Crippen molar-refractivity contribution < 1.29 is 0 Å². The van der Waals surface area contributed by atoms with Crippen molar-refractivity contribution in [3.8, 4) is 11.4 Å². The van der Waals surface area contributed by atoms with Crippen molar-refractivity contribution in [2.45, 2.75) is 6.92 Å². The first kappa shape index (κ1) is 14.3. The first-order valence-corrected chi connectivity index (χ1v) is 7.81. The summed E-state index contributed by atoms with van der Waals surface area (Å²) in [5.41, 5.74) is 5.82. The highest BCUT2D eigenvalue weighted by Crippen LogP contribution is 2.22. The van der Waals surface area contributed by atoms with E-state index in [0.29, 0.717) is 5.82 Å². The molecule has 4 aromatic rings. The van der Waals surface area contributed by atoms with Gasteiger partial charge in [-0.05, 0) is 42.8 Å². The molecule has 0 aliphatic carbocycles. The zero-order valence-corrected chi connectivity index (χ0v) is 13.3. The number of nitrogens with zero attached hydrogens (tertiary/aromatic N) is 3. The predicted molar refractivity (Wildman–Crippen MR) is 97.2 cm³/mol. The van der Waals surface area contributed by atoms with Crippen LogP contribution in [-0.2, 0) is 0 Å². The van der Waals surface area contributed by atoms with Gasteiger partial charge in [0.15, 0.2) is 5.82 Å². The van der Waals surface area contributed by atoms with Crippen molar-refractivity contribution >= 4 is 22.4 Å². The number of rotatable bonds is 3. The van der Waals surface area contributed by atoms with Crippen molar-refractivity contribution in [2.75, 3.05) is 5.32 Å². The van der Waals surface area contributed by atoms with Crippen LogP contribution < -0.4 is 5.32 Å². The normalized spacial score (nSPS) is 10.7. The minimum atomic E-state index is 0.635. The minimum absolute atomic E-state index is 0.635. The van der Waals surface area contributed by atoms with Gasteiger partial charge in [-0.25, -0.2) is 4.98 Å². The fourth-order valence-corrected chi connectivity index (χ4v) is 2.61. The van der Waals surface area contributed by atoms with E-state index in [1.807, 2.05) is 60.7 Å². The molecule has 4 rings (SSSR count). The SMILES string of the molecule is Cc1cccc(Nc2ccc3nnc(-c4ccccc4)nc3c2)c1. The average molecular weight is 312 g/mol. The summed E-state index contributed by atoms with van der Waals surface area (Å²) in [5, 5.41) is 11.9. The Morgan fingerprint density at radius 2 is 1.54 bits per heavy atom. The van der Waals surface area contributed by atoms with Gasteiger partial charge in [-0.15, -0.1) is 10.2 Å². The Morgan fingerprint density at radius 3 is 2.38 bits per heavy atom. The number of hydrogen-bond acceptors (Lipinski definition) is 4. The smallest absolute Gasteiger partial charge is 0.182 e. The van der Waals surface area contributed by atoms with Crippen LogP contribution in [0.15, 0.2) is 72.8 Å². The van der Waals surface area contributed by atoms with Crippen LogP contribution in [0.25, 0.3) is 22.4 Å². The molecule has 24 heavy (non-hydrogen) atoms. The van der Waals surface area contributed by atoms with Crippen LogP contribution in [0.4, 0.5) is 11.4 Å². The molecular weight excluding hydrogens is 296 g/mol. The summed E-state index contributed by atoms with van der Waals surface area (Å²) in [7, 11) is 0. The molecule has 0 spiro atoms. The number of nitrogens with one attached hydrogen (secondary N) is 1. The molecule has 0 aliphatic heterocycles. The monoisotopic (exact) mass is 312 g/mol. The van der Waals surface area contributed by atoms with Crippen LogP contribution in [-0.4, -0.2) is 15.2 Å².